The quantitative estimate of drug-likeness (QED) is 0.920. The van der Waals surface area contributed by atoms with Crippen LogP contribution in [0, 0.1) is 0 Å². The minimum Gasteiger partial charge on any atom is -0.430 e. The molecule has 1 heterocycles. The van der Waals surface area contributed by atoms with E-state index in [1.807, 2.05) is 0 Å². The number of carbonyl (C=O) groups excluding carboxylic acids is 1. The van der Waals surface area contributed by atoms with Crippen molar-refractivity contribution in [1.82, 2.24) is 0 Å². The van der Waals surface area contributed by atoms with Gasteiger partial charge >= 0.3 is 5.63 Å². The van der Waals surface area contributed by atoms with Crippen LogP contribution >= 0.6 is 27.5 Å². The molecule has 0 saturated heterocycles. The highest BCUT2D eigenvalue weighted by Gasteiger charge is 2.09. The van der Waals surface area contributed by atoms with Crippen molar-refractivity contribution >= 4 is 39.1 Å². The van der Waals surface area contributed by atoms with Crippen LogP contribution in [0.15, 0.2) is 50.3 Å². The van der Waals surface area contributed by atoms with Gasteiger partial charge in [-0.1, -0.05) is 11.6 Å². The first-order valence-electron chi connectivity index (χ1n) is 4.91. The van der Waals surface area contributed by atoms with Gasteiger partial charge in [-0.3, -0.25) is 4.79 Å². The normalized spacial score (nSPS) is 10.1. The largest absolute Gasteiger partial charge is 0.430 e. The molecule has 0 unspecified atom stereocenters. The molecule has 1 amide bonds. The number of nitrogens with one attached hydrogen (secondary N) is 1. The average Bonchev–Trinajstić information content (AvgIpc) is 2.34. The van der Waals surface area contributed by atoms with Crippen LogP contribution < -0.4 is 10.9 Å². The van der Waals surface area contributed by atoms with E-state index in [0.717, 1.165) is 6.26 Å². The van der Waals surface area contributed by atoms with Crippen LogP contribution in [0.2, 0.25) is 5.02 Å². The molecule has 6 heteroatoms. The van der Waals surface area contributed by atoms with Crippen molar-refractivity contribution in [2.45, 2.75) is 0 Å². The Morgan fingerprint density at radius 3 is 2.72 bits per heavy atom. The van der Waals surface area contributed by atoms with E-state index >= 15 is 0 Å². The maximum absolute atomic E-state index is 11.9. The predicted octanol–water partition coefficient (Wildman–Crippen LogP) is 3.31. The van der Waals surface area contributed by atoms with Gasteiger partial charge in [-0.15, -0.1) is 0 Å². The van der Waals surface area contributed by atoms with Crippen molar-refractivity contribution in [3.8, 4) is 0 Å². The molecule has 0 aliphatic rings. The second-order valence-electron chi connectivity index (χ2n) is 3.42. The van der Waals surface area contributed by atoms with Crippen LogP contribution in [-0.4, -0.2) is 5.91 Å². The average molecular weight is 329 g/mol. The van der Waals surface area contributed by atoms with Crippen molar-refractivity contribution in [2.75, 3.05) is 5.32 Å². The standard InChI is InChI=1S/C12H7BrClNO3/c13-9-3-2-8(14)5-10(9)15-12(17)7-1-4-11(16)18-6-7/h1-6H,(H,15,17). The summed E-state index contributed by atoms with van der Waals surface area (Å²) in [5, 5.41) is 3.16. The summed E-state index contributed by atoms with van der Waals surface area (Å²) in [6.45, 7) is 0. The van der Waals surface area contributed by atoms with Crippen LogP contribution in [-0.2, 0) is 0 Å². The lowest BCUT2D eigenvalue weighted by Gasteiger charge is -2.07. The molecule has 0 aliphatic heterocycles. The fraction of sp³-hybridized carbons (Fsp3) is 0. The van der Waals surface area contributed by atoms with Crippen molar-refractivity contribution in [1.29, 1.82) is 0 Å². The fourth-order valence-electron chi connectivity index (χ4n) is 1.27. The van der Waals surface area contributed by atoms with Gasteiger partial charge in [0, 0.05) is 15.6 Å². The molecule has 1 aromatic carbocycles. The summed E-state index contributed by atoms with van der Waals surface area (Å²) < 4.78 is 5.32. The lowest BCUT2D eigenvalue weighted by molar-refractivity contribution is 0.102. The molecule has 0 spiro atoms. The Bertz CT molecular complexity index is 634. The van der Waals surface area contributed by atoms with Gasteiger partial charge in [-0.05, 0) is 40.2 Å². The third kappa shape index (κ3) is 3.00. The maximum Gasteiger partial charge on any atom is 0.335 e. The summed E-state index contributed by atoms with van der Waals surface area (Å²) >= 11 is 9.13. The first-order valence-corrected chi connectivity index (χ1v) is 6.08. The molecule has 1 aromatic heterocycles. The summed E-state index contributed by atoms with van der Waals surface area (Å²) in [6, 6.07) is 7.61. The van der Waals surface area contributed by atoms with Crippen molar-refractivity contribution in [3.05, 3.63) is 62.1 Å². The third-order valence-electron chi connectivity index (χ3n) is 2.14. The molecule has 0 radical (unpaired) electrons. The van der Waals surface area contributed by atoms with Gasteiger partial charge in [0.25, 0.3) is 5.91 Å². The molecular formula is C12H7BrClNO3. The SMILES string of the molecule is O=C(Nc1cc(Cl)ccc1Br)c1ccc(=O)oc1. The van der Waals surface area contributed by atoms with Gasteiger partial charge in [0.15, 0.2) is 0 Å². The number of hydrogen-bond acceptors (Lipinski definition) is 3. The molecule has 0 bridgehead atoms. The molecule has 92 valence electrons. The van der Waals surface area contributed by atoms with E-state index in [4.69, 9.17) is 11.6 Å². The van der Waals surface area contributed by atoms with E-state index < -0.39 is 5.63 Å². The number of anilines is 1. The first kappa shape index (κ1) is 12.9. The van der Waals surface area contributed by atoms with Crippen LogP contribution in [0.4, 0.5) is 5.69 Å². The van der Waals surface area contributed by atoms with E-state index in [1.165, 1.54) is 12.1 Å². The molecule has 2 rings (SSSR count). The monoisotopic (exact) mass is 327 g/mol. The maximum atomic E-state index is 11.9. The van der Waals surface area contributed by atoms with Gasteiger partial charge in [0.05, 0.1) is 11.3 Å². The molecule has 0 fully saturated rings. The van der Waals surface area contributed by atoms with E-state index in [1.54, 1.807) is 18.2 Å². The van der Waals surface area contributed by atoms with E-state index in [9.17, 15) is 9.59 Å². The molecule has 18 heavy (non-hydrogen) atoms. The summed E-state index contributed by atoms with van der Waals surface area (Å²) in [4.78, 5) is 22.6. The number of carbonyl (C=O) groups is 1. The van der Waals surface area contributed by atoms with Gasteiger partial charge in [-0.2, -0.15) is 0 Å². The minimum atomic E-state index is -0.504. The first-order chi connectivity index (χ1) is 8.56. The van der Waals surface area contributed by atoms with E-state index in [0.29, 0.717) is 15.2 Å². The smallest absolute Gasteiger partial charge is 0.335 e. The molecule has 0 atom stereocenters. The highest BCUT2D eigenvalue weighted by atomic mass is 79.9. The van der Waals surface area contributed by atoms with E-state index in [-0.39, 0.29) is 11.5 Å². The zero-order valence-electron chi connectivity index (χ0n) is 8.94. The van der Waals surface area contributed by atoms with Gasteiger partial charge in [0.1, 0.15) is 6.26 Å². The van der Waals surface area contributed by atoms with Crippen LogP contribution in [0.5, 0.6) is 0 Å². The highest BCUT2D eigenvalue weighted by Crippen LogP contribution is 2.26. The Balaban J connectivity index is 2.23. The molecule has 4 nitrogen and oxygen atoms in total. The molecule has 1 N–H and O–H groups in total. The second kappa shape index (κ2) is 5.37. The summed E-state index contributed by atoms with van der Waals surface area (Å²) in [5.74, 6) is -0.387. The van der Waals surface area contributed by atoms with Gasteiger partial charge in [0.2, 0.25) is 0 Å². The van der Waals surface area contributed by atoms with Crippen LogP contribution in [0.1, 0.15) is 10.4 Å². The lowest BCUT2D eigenvalue weighted by atomic mass is 10.2. The number of amides is 1. The second-order valence-corrected chi connectivity index (χ2v) is 4.71. The molecular weight excluding hydrogens is 321 g/mol. The number of benzene rings is 1. The Morgan fingerprint density at radius 2 is 2.06 bits per heavy atom. The number of halogens is 2. The van der Waals surface area contributed by atoms with Crippen LogP contribution in [0.3, 0.4) is 0 Å². The predicted molar refractivity (Wildman–Crippen MR) is 72.1 cm³/mol. The summed E-state index contributed by atoms with van der Waals surface area (Å²) in [7, 11) is 0. The Kier molecular flexibility index (Phi) is 3.84. The zero-order chi connectivity index (χ0) is 13.1. The Morgan fingerprint density at radius 1 is 1.28 bits per heavy atom. The Labute approximate surface area is 116 Å². The highest BCUT2D eigenvalue weighted by molar-refractivity contribution is 9.10. The molecule has 0 aliphatic carbocycles. The number of rotatable bonds is 2. The van der Waals surface area contributed by atoms with Gasteiger partial charge in [-0.25, -0.2) is 4.79 Å². The summed E-state index contributed by atoms with van der Waals surface area (Å²) in [6.07, 6.45) is 1.11. The topological polar surface area (TPSA) is 59.3 Å². The van der Waals surface area contributed by atoms with Crippen LogP contribution in [0.25, 0.3) is 0 Å². The Hall–Kier alpha value is -1.59. The molecule has 0 saturated carbocycles. The minimum absolute atomic E-state index is 0.251. The molecule has 2 aromatic rings. The van der Waals surface area contributed by atoms with Gasteiger partial charge < -0.3 is 9.73 Å². The fourth-order valence-corrected chi connectivity index (χ4v) is 1.79. The number of hydrogen-bond donors (Lipinski definition) is 1. The lowest BCUT2D eigenvalue weighted by Crippen LogP contribution is -2.13. The van der Waals surface area contributed by atoms with E-state index in [2.05, 4.69) is 25.7 Å². The van der Waals surface area contributed by atoms with Crippen molar-refractivity contribution in [3.63, 3.8) is 0 Å². The zero-order valence-corrected chi connectivity index (χ0v) is 11.3. The van der Waals surface area contributed by atoms with Crippen molar-refractivity contribution < 1.29 is 9.21 Å². The van der Waals surface area contributed by atoms with Crippen molar-refractivity contribution in [2.24, 2.45) is 0 Å². The third-order valence-corrected chi connectivity index (χ3v) is 3.07. The summed E-state index contributed by atoms with van der Waals surface area (Å²) in [5.41, 5.74) is 0.288.